The molecule has 0 amide bonds. The Morgan fingerprint density at radius 1 is 1.10 bits per heavy atom. The lowest BCUT2D eigenvalue weighted by Crippen LogP contribution is -2.51. The first-order chi connectivity index (χ1) is 10.3. The summed E-state index contributed by atoms with van der Waals surface area (Å²) in [5.74, 6) is 0.767. The molecule has 21 heavy (non-hydrogen) atoms. The van der Waals surface area contributed by atoms with E-state index in [0.717, 1.165) is 24.0 Å². The summed E-state index contributed by atoms with van der Waals surface area (Å²) in [5, 5.41) is 3.98. The molecule has 2 heterocycles. The Morgan fingerprint density at radius 3 is 2.86 bits per heavy atom. The summed E-state index contributed by atoms with van der Waals surface area (Å²) in [7, 11) is 0. The van der Waals surface area contributed by atoms with Crippen molar-refractivity contribution in [2.75, 3.05) is 13.1 Å². The van der Waals surface area contributed by atoms with Crippen molar-refractivity contribution in [3.63, 3.8) is 0 Å². The Labute approximate surface area is 136 Å². The van der Waals surface area contributed by atoms with Gasteiger partial charge in [0.25, 0.3) is 0 Å². The zero-order chi connectivity index (χ0) is 14.2. The third-order valence-electron chi connectivity index (χ3n) is 5.76. The van der Waals surface area contributed by atoms with Crippen LogP contribution in [0.5, 0.6) is 0 Å². The average Bonchev–Trinajstić information content (AvgIpc) is 2.85. The first-order valence-corrected chi connectivity index (χ1v) is 9.34. The number of fused-ring (bicyclic) bond motifs is 1. The molecule has 1 saturated carbocycles. The molecule has 0 radical (unpaired) electrons. The monoisotopic (exact) mass is 348 g/mol. The van der Waals surface area contributed by atoms with Gasteiger partial charge in [0.2, 0.25) is 0 Å². The van der Waals surface area contributed by atoms with Gasteiger partial charge in [-0.25, -0.2) is 0 Å². The quantitative estimate of drug-likeness (QED) is 0.890. The topological polar surface area (TPSA) is 15.3 Å². The molecule has 2 nitrogen and oxygen atoms in total. The number of hydrogen-bond acceptors (Lipinski definition) is 2. The zero-order valence-corrected chi connectivity index (χ0v) is 14.2. The summed E-state index contributed by atoms with van der Waals surface area (Å²) < 4.78 is 1.21. The molecule has 3 fully saturated rings. The number of rotatable bonds is 3. The first-order valence-electron chi connectivity index (χ1n) is 8.55. The second kappa shape index (κ2) is 6.02. The van der Waals surface area contributed by atoms with Gasteiger partial charge < -0.3 is 5.32 Å². The van der Waals surface area contributed by atoms with Crippen molar-refractivity contribution < 1.29 is 0 Å². The highest BCUT2D eigenvalue weighted by Crippen LogP contribution is 2.39. The van der Waals surface area contributed by atoms with Gasteiger partial charge in [0.05, 0.1) is 0 Å². The standard InChI is InChI=1S/C18H25BrN2/c19-15-5-3-4-13(10-15)14-11-16(12-14)20-17-7-9-21-8-2-1-6-18(17)21/h3-5,10,14,16-18,20H,1-2,6-9,11-12H2. The molecule has 3 heteroatoms. The van der Waals surface area contributed by atoms with Gasteiger partial charge >= 0.3 is 0 Å². The normalized spacial score (nSPS) is 36.2. The van der Waals surface area contributed by atoms with E-state index in [2.05, 4.69) is 50.4 Å². The molecule has 2 saturated heterocycles. The Hall–Kier alpha value is -0.380. The van der Waals surface area contributed by atoms with Crippen LogP contribution in [0.1, 0.15) is 50.0 Å². The van der Waals surface area contributed by atoms with E-state index in [-0.39, 0.29) is 0 Å². The number of benzene rings is 1. The number of halogens is 1. The van der Waals surface area contributed by atoms with Gasteiger partial charge in [-0.15, -0.1) is 0 Å². The van der Waals surface area contributed by atoms with Crippen molar-refractivity contribution >= 4 is 15.9 Å². The predicted octanol–water partition coefficient (Wildman–Crippen LogP) is 3.91. The number of nitrogens with one attached hydrogen (secondary N) is 1. The summed E-state index contributed by atoms with van der Waals surface area (Å²) in [6.45, 7) is 2.66. The van der Waals surface area contributed by atoms with Crippen molar-refractivity contribution in [2.45, 2.75) is 62.6 Å². The lowest BCUT2D eigenvalue weighted by atomic mass is 9.75. The zero-order valence-electron chi connectivity index (χ0n) is 12.6. The van der Waals surface area contributed by atoms with Crippen molar-refractivity contribution in [2.24, 2.45) is 0 Å². The summed E-state index contributed by atoms with van der Waals surface area (Å²) in [5.41, 5.74) is 1.51. The van der Waals surface area contributed by atoms with E-state index in [1.807, 2.05) is 0 Å². The number of nitrogens with zero attached hydrogens (tertiary/aromatic N) is 1. The third kappa shape index (κ3) is 2.93. The maximum absolute atomic E-state index is 3.98. The van der Waals surface area contributed by atoms with E-state index in [9.17, 15) is 0 Å². The van der Waals surface area contributed by atoms with Gasteiger partial charge in [0.15, 0.2) is 0 Å². The molecule has 2 aliphatic heterocycles. The molecule has 2 atom stereocenters. The molecule has 2 unspecified atom stereocenters. The second-order valence-corrected chi connectivity index (χ2v) is 8.00. The van der Waals surface area contributed by atoms with Gasteiger partial charge in [-0.2, -0.15) is 0 Å². The van der Waals surface area contributed by atoms with Gasteiger partial charge in [0.1, 0.15) is 0 Å². The van der Waals surface area contributed by atoms with Crippen LogP contribution >= 0.6 is 15.9 Å². The van der Waals surface area contributed by atoms with Gasteiger partial charge in [0, 0.05) is 29.1 Å². The summed E-state index contributed by atoms with van der Waals surface area (Å²) in [6.07, 6.45) is 8.27. The largest absolute Gasteiger partial charge is 0.310 e. The second-order valence-electron chi connectivity index (χ2n) is 7.08. The van der Waals surface area contributed by atoms with E-state index in [1.54, 1.807) is 0 Å². The van der Waals surface area contributed by atoms with Crippen molar-refractivity contribution in [3.8, 4) is 0 Å². The van der Waals surface area contributed by atoms with Gasteiger partial charge in [-0.1, -0.05) is 34.5 Å². The van der Waals surface area contributed by atoms with E-state index in [1.165, 1.54) is 61.7 Å². The van der Waals surface area contributed by atoms with Crippen LogP contribution in [0.15, 0.2) is 28.7 Å². The molecule has 4 rings (SSSR count). The highest BCUT2D eigenvalue weighted by Gasteiger charge is 2.39. The van der Waals surface area contributed by atoms with Crippen LogP contribution in [0.3, 0.4) is 0 Å². The molecule has 0 bridgehead atoms. The predicted molar refractivity (Wildman–Crippen MR) is 90.7 cm³/mol. The summed E-state index contributed by atoms with van der Waals surface area (Å²) >= 11 is 3.59. The van der Waals surface area contributed by atoms with Crippen molar-refractivity contribution in [1.82, 2.24) is 10.2 Å². The summed E-state index contributed by atoms with van der Waals surface area (Å²) in [4.78, 5) is 2.73. The molecule has 0 aromatic heterocycles. The fraction of sp³-hybridized carbons (Fsp3) is 0.667. The maximum atomic E-state index is 3.98. The maximum Gasteiger partial charge on any atom is 0.0249 e. The van der Waals surface area contributed by atoms with Crippen molar-refractivity contribution in [1.29, 1.82) is 0 Å². The Kier molecular flexibility index (Phi) is 4.08. The van der Waals surface area contributed by atoms with E-state index >= 15 is 0 Å². The molecule has 1 aliphatic carbocycles. The molecule has 1 N–H and O–H groups in total. The van der Waals surface area contributed by atoms with E-state index in [4.69, 9.17) is 0 Å². The van der Waals surface area contributed by atoms with Crippen molar-refractivity contribution in [3.05, 3.63) is 34.3 Å². The molecule has 3 aliphatic rings. The Balaban J connectivity index is 1.30. The minimum Gasteiger partial charge on any atom is -0.310 e. The fourth-order valence-electron chi connectivity index (χ4n) is 4.53. The average molecular weight is 349 g/mol. The number of piperidine rings is 1. The van der Waals surface area contributed by atoms with Crippen LogP contribution in [0, 0.1) is 0 Å². The van der Waals surface area contributed by atoms with Crippen LogP contribution in [0.25, 0.3) is 0 Å². The highest BCUT2D eigenvalue weighted by atomic mass is 79.9. The van der Waals surface area contributed by atoms with Crippen LogP contribution < -0.4 is 5.32 Å². The lowest BCUT2D eigenvalue weighted by Gasteiger charge is -2.40. The molecule has 1 aromatic carbocycles. The van der Waals surface area contributed by atoms with Crippen LogP contribution in [0.4, 0.5) is 0 Å². The van der Waals surface area contributed by atoms with E-state index in [0.29, 0.717) is 0 Å². The molecule has 1 aromatic rings. The SMILES string of the molecule is Brc1cccc(C2CC(NC3CCN4CCCCC34)C2)c1. The van der Waals surface area contributed by atoms with E-state index < -0.39 is 0 Å². The minimum atomic E-state index is 0.751. The Morgan fingerprint density at radius 2 is 2.00 bits per heavy atom. The van der Waals surface area contributed by atoms with Gasteiger partial charge in [-0.05, 0) is 62.3 Å². The summed E-state index contributed by atoms with van der Waals surface area (Å²) in [6, 6.07) is 11.2. The van der Waals surface area contributed by atoms with Crippen LogP contribution in [0.2, 0.25) is 0 Å². The smallest absolute Gasteiger partial charge is 0.0249 e. The lowest BCUT2D eigenvalue weighted by molar-refractivity contribution is 0.164. The minimum absolute atomic E-state index is 0.751. The molecule has 114 valence electrons. The molecular weight excluding hydrogens is 324 g/mol. The Bertz CT molecular complexity index is 498. The molecule has 0 spiro atoms. The molecular formula is C18H25BrN2. The van der Waals surface area contributed by atoms with Gasteiger partial charge in [-0.3, -0.25) is 4.90 Å². The third-order valence-corrected chi connectivity index (χ3v) is 6.26. The van der Waals surface area contributed by atoms with Crippen LogP contribution in [-0.4, -0.2) is 36.1 Å². The highest BCUT2D eigenvalue weighted by molar-refractivity contribution is 9.10. The fourth-order valence-corrected chi connectivity index (χ4v) is 4.95. The number of hydrogen-bond donors (Lipinski definition) is 1. The first kappa shape index (κ1) is 14.2. The van der Waals surface area contributed by atoms with Crippen LogP contribution in [-0.2, 0) is 0 Å².